The molecule has 0 bridgehead atoms. The van der Waals surface area contributed by atoms with E-state index < -0.39 is 11.9 Å². The summed E-state index contributed by atoms with van der Waals surface area (Å²) < 4.78 is 19.9. The molecule has 0 unspecified atom stereocenters. The average molecular weight is 429 g/mol. The maximum atomic E-state index is 14.2. The Labute approximate surface area is 184 Å². The van der Waals surface area contributed by atoms with Crippen molar-refractivity contribution in [2.45, 2.75) is 53.1 Å². The molecule has 0 heterocycles. The van der Waals surface area contributed by atoms with E-state index in [0.29, 0.717) is 31.1 Å². The second kappa shape index (κ2) is 12.1. The van der Waals surface area contributed by atoms with Gasteiger partial charge in [-0.25, -0.2) is 4.39 Å². The Morgan fingerprint density at radius 1 is 1.06 bits per heavy atom. The van der Waals surface area contributed by atoms with E-state index in [9.17, 15) is 14.0 Å². The summed E-state index contributed by atoms with van der Waals surface area (Å²) in [6, 6.07) is 13.3. The second-order valence-corrected chi connectivity index (χ2v) is 8.19. The molecular weight excluding hydrogens is 395 g/mol. The molecule has 2 aromatic rings. The van der Waals surface area contributed by atoms with E-state index in [4.69, 9.17) is 4.74 Å². The van der Waals surface area contributed by atoms with Crippen molar-refractivity contribution in [1.82, 2.24) is 10.2 Å². The molecule has 0 aliphatic carbocycles. The minimum absolute atomic E-state index is 0.0423. The summed E-state index contributed by atoms with van der Waals surface area (Å²) in [5, 5.41) is 2.86. The van der Waals surface area contributed by atoms with Crippen molar-refractivity contribution >= 4 is 11.8 Å². The lowest BCUT2D eigenvalue weighted by atomic mass is 10.1. The molecule has 2 rings (SSSR count). The van der Waals surface area contributed by atoms with Crippen LogP contribution in [0.15, 0.2) is 48.5 Å². The fourth-order valence-corrected chi connectivity index (χ4v) is 3.04. The van der Waals surface area contributed by atoms with Crippen LogP contribution in [0.25, 0.3) is 0 Å². The minimum atomic E-state index is -0.705. The third kappa shape index (κ3) is 8.04. The van der Waals surface area contributed by atoms with Gasteiger partial charge in [-0.05, 0) is 44.4 Å². The summed E-state index contributed by atoms with van der Waals surface area (Å²) in [7, 11) is 0. The molecule has 5 nitrogen and oxygen atoms in total. The molecule has 2 aromatic carbocycles. The summed E-state index contributed by atoms with van der Waals surface area (Å²) >= 11 is 0. The fourth-order valence-electron chi connectivity index (χ4n) is 3.04. The zero-order valence-corrected chi connectivity index (χ0v) is 18.9. The van der Waals surface area contributed by atoms with Gasteiger partial charge in [0.1, 0.15) is 17.6 Å². The molecule has 2 amide bonds. The predicted molar refractivity (Wildman–Crippen MR) is 120 cm³/mol. The van der Waals surface area contributed by atoms with Crippen molar-refractivity contribution in [1.29, 1.82) is 0 Å². The van der Waals surface area contributed by atoms with Crippen LogP contribution in [0.5, 0.6) is 5.75 Å². The Morgan fingerprint density at radius 3 is 2.39 bits per heavy atom. The zero-order valence-electron chi connectivity index (χ0n) is 18.9. The number of benzene rings is 2. The first-order chi connectivity index (χ1) is 14.8. The summed E-state index contributed by atoms with van der Waals surface area (Å²) in [6.45, 7) is 8.64. The van der Waals surface area contributed by atoms with Crippen LogP contribution in [0.3, 0.4) is 0 Å². The highest BCUT2D eigenvalue weighted by atomic mass is 19.1. The van der Waals surface area contributed by atoms with Gasteiger partial charge in [-0.3, -0.25) is 9.59 Å². The third-order valence-electron chi connectivity index (χ3n) is 4.98. The van der Waals surface area contributed by atoms with E-state index in [1.54, 1.807) is 25.1 Å². The van der Waals surface area contributed by atoms with Crippen molar-refractivity contribution < 1.29 is 18.7 Å². The first-order valence-corrected chi connectivity index (χ1v) is 10.8. The fraction of sp³-hybridized carbons (Fsp3) is 0.440. The predicted octanol–water partition coefficient (Wildman–Crippen LogP) is 4.48. The summed E-state index contributed by atoms with van der Waals surface area (Å²) in [5.74, 6) is 0.212. The molecule has 0 aromatic heterocycles. The molecule has 0 fully saturated rings. The van der Waals surface area contributed by atoms with Crippen LogP contribution >= 0.6 is 0 Å². The van der Waals surface area contributed by atoms with Gasteiger partial charge in [-0.15, -0.1) is 0 Å². The van der Waals surface area contributed by atoms with Gasteiger partial charge in [0.05, 0.1) is 6.61 Å². The van der Waals surface area contributed by atoms with Gasteiger partial charge in [0, 0.05) is 25.1 Å². The van der Waals surface area contributed by atoms with E-state index in [1.807, 2.05) is 45.0 Å². The number of hydrogen-bond donors (Lipinski definition) is 1. The molecule has 0 saturated heterocycles. The summed E-state index contributed by atoms with van der Waals surface area (Å²) in [5.41, 5.74) is 1.53. The number of halogens is 1. The van der Waals surface area contributed by atoms with Crippen molar-refractivity contribution in [3.63, 3.8) is 0 Å². The number of hydrogen-bond acceptors (Lipinski definition) is 3. The molecule has 0 spiro atoms. The minimum Gasteiger partial charge on any atom is -0.494 e. The van der Waals surface area contributed by atoms with Crippen LogP contribution in [0.2, 0.25) is 0 Å². The van der Waals surface area contributed by atoms with Gasteiger partial charge in [-0.2, -0.15) is 0 Å². The molecular formula is C25H33FN2O3. The first-order valence-electron chi connectivity index (χ1n) is 10.8. The van der Waals surface area contributed by atoms with Gasteiger partial charge in [0.2, 0.25) is 11.8 Å². The van der Waals surface area contributed by atoms with Crippen LogP contribution in [0.1, 0.15) is 44.7 Å². The number of amides is 2. The first kappa shape index (κ1) is 24.4. The zero-order chi connectivity index (χ0) is 22.8. The molecule has 6 heteroatoms. The highest BCUT2D eigenvalue weighted by molar-refractivity contribution is 5.87. The van der Waals surface area contributed by atoms with Crippen LogP contribution in [0, 0.1) is 18.7 Å². The smallest absolute Gasteiger partial charge is 0.242 e. The van der Waals surface area contributed by atoms with Crippen molar-refractivity contribution in [3.8, 4) is 5.75 Å². The van der Waals surface area contributed by atoms with Crippen molar-refractivity contribution in [3.05, 3.63) is 65.5 Å². The number of carbonyl (C=O) groups is 2. The average Bonchev–Trinajstić information content (AvgIpc) is 2.75. The third-order valence-corrected chi connectivity index (χ3v) is 4.98. The summed E-state index contributed by atoms with van der Waals surface area (Å²) in [6.07, 6.45) is 0.711. The number of carbonyl (C=O) groups excluding carboxylic acids is 2. The highest BCUT2D eigenvalue weighted by Crippen LogP contribution is 2.16. The normalized spacial score (nSPS) is 11.8. The Hall–Kier alpha value is -2.89. The second-order valence-electron chi connectivity index (χ2n) is 8.19. The topological polar surface area (TPSA) is 58.6 Å². The van der Waals surface area contributed by atoms with Gasteiger partial charge in [0.15, 0.2) is 0 Å². The van der Waals surface area contributed by atoms with E-state index in [1.165, 1.54) is 11.0 Å². The van der Waals surface area contributed by atoms with Crippen molar-refractivity contribution in [2.75, 3.05) is 13.2 Å². The highest BCUT2D eigenvalue weighted by Gasteiger charge is 2.26. The molecule has 0 aliphatic heterocycles. The van der Waals surface area contributed by atoms with Crippen LogP contribution < -0.4 is 10.1 Å². The Kier molecular flexibility index (Phi) is 9.50. The van der Waals surface area contributed by atoms with Crippen LogP contribution in [-0.4, -0.2) is 35.9 Å². The Balaban J connectivity index is 2.00. The number of aryl methyl sites for hydroxylation is 1. The number of nitrogens with zero attached hydrogens (tertiary/aromatic N) is 1. The van der Waals surface area contributed by atoms with E-state index in [2.05, 4.69) is 5.32 Å². The number of nitrogens with one attached hydrogen (secondary N) is 1. The Morgan fingerprint density at radius 2 is 1.74 bits per heavy atom. The molecule has 0 radical (unpaired) electrons. The maximum Gasteiger partial charge on any atom is 0.242 e. The monoisotopic (exact) mass is 428 g/mol. The molecule has 31 heavy (non-hydrogen) atoms. The van der Waals surface area contributed by atoms with Crippen LogP contribution in [0.4, 0.5) is 4.39 Å². The SMILES string of the molecule is Cc1ccc(OCCCC(=O)N(Cc2ccccc2F)[C@@H](C)C(=O)NCC(C)C)cc1. The lowest BCUT2D eigenvalue weighted by molar-refractivity contribution is -0.140. The lowest BCUT2D eigenvalue weighted by Crippen LogP contribution is -2.48. The molecule has 0 saturated carbocycles. The van der Waals surface area contributed by atoms with Crippen molar-refractivity contribution in [2.24, 2.45) is 5.92 Å². The van der Waals surface area contributed by atoms with Gasteiger partial charge >= 0.3 is 0 Å². The lowest BCUT2D eigenvalue weighted by Gasteiger charge is -2.29. The number of ether oxygens (including phenoxy) is 1. The maximum absolute atomic E-state index is 14.2. The molecule has 0 aliphatic rings. The van der Waals surface area contributed by atoms with Gasteiger partial charge < -0.3 is 15.0 Å². The van der Waals surface area contributed by atoms with E-state index in [0.717, 1.165) is 11.3 Å². The molecule has 1 atom stereocenters. The largest absolute Gasteiger partial charge is 0.494 e. The number of rotatable bonds is 11. The van der Waals surface area contributed by atoms with Gasteiger partial charge in [0.25, 0.3) is 0 Å². The quantitative estimate of drug-likeness (QED) is 0.537. The standard InChI is InChI=1S/C25H33FN2O3/c1-18(2)16-27-25(30)20(4)28(17-21-8-5-6-9-23(21)26)24(29)10-7-15-31-22-13-11-19(3)12-14-22/h5-6,8-9,11-14,18,20H,7,10,15-17H2,1-4H3,(H,27,30)/t20-/m0/s1. The Bertz CT molecular complexity index is 852. The summed E-state index contributed by atoms with van der Waals surface area (Å²) in [4.78, 5) is 27.0. The van der Waals surface area contributed by atoms with E-state index >= 15 is 0 Å². The molecule has 1 N–H and O–H groups in total. The molecule has 168 valence electrons. The van der Waals surface area contributed by atoms with Gasteiger partial charge in [-0.1, -0.05) is 49.7 Å². The van der Waals surface area contributed by atoms with Crippen LogP contribution in [-0.2, 0) is 16.1 Å². The van der Waals surface area contributed by atoms with E-state index in [-0.39, 0.29) is 24.8 Å².